The Morgan fingerprint density at radius 1 is 0.879 bits per heavy atom. The van der Waals surface area contributed by atoms with E-state index in [2.05, 4.69) is 51.9 Å². The second kappa shape index (κ2) is 8.74. The molecule has 0 radical (unpaired) electrons. The van der Waals surface area contributed by atoms with E-state index in [9.17, 15) is 4.79 Å². The van der Waals surface area contributed by atoms with Crippen LogP contribution in [0.15, 0.2) is 85.1 Å². The highest BCUT2D eigenvalue weighted by Gasteiger charge is 2.10. The zero-order valence-electron chi connectivity index (χ0n) is 18.7. The first-order chi connectivity index (χ1) is 16.0. The van der Waals surface area contributed by atoms with E-state index < -0.39 is 0 Å². The number of carbonyl (C=O) groups excluding carboxylic acids is 1. The number of anilines is 1. The Labute approximate surface area is 192 Å². The van der Waals surface area contributed by atoms with Gasteiger partial charge in [-0.05, 0) is 53.9 Å². The molecule has 5 aromatic rings. The molecule has 0 atom stereocenters. The van der Waals surface area contributed by atoms with E-state index in [1.54, 1.807) is 0 Å². The number of rotatable bonds is 6. The molecule has 6 heteroatoms. The van der Waals surface area contributed by atoms with Gasteiger partial charge in [-0.25, -0.2) is 0 Å². The number of amides is 1. The molecule has 164 valence electrons. The minimum atomic E-state index is -0.178. The maximum atomic E-state index is 12.7. The van der Waals surface area contributed by atoms with Gasteiger partial charge in [-0.15, -0.1) is 0 Å². The molecule has 0 unspecified atom stereocenters. The molecule has 0 aliphatic carbocycles. The Balaban J connectivity index is 1.24. The van der Waals surface area contributed by atoms with Gasteiger partial charge in [-0.2, -0.15) is 10.2 Å². The van der Waals surface area contributed by atoms with Crippen LogP contribution in [0.1, 0.15) is 32.9 Å². The number of carbonyl (C=O) groups is 1. The maximum absolute atomic E-state index is 12.7. The van der Waals surface area contributed by atoms with Gasteiger partial charge in [0.25, 0.3) is 5.91 Å². The molecular formula is C27H25N5O. The molecule has 5 rings (SSSR count). The lowest BCUT2D eigenvalue weighted by Crippen LogP contribution is -2.13. The van der Waals surface area contributed by atoms with Gasteiger partial charge in [0, 0.05) is 23.5 Å². The molecule has 33 heavy (non-hydrogen) atoms. The van der Waals surface area contributed by atoms with E-state index in [4.69, 9.17) is 0 Å². The number of hydrogen-bond acceptors (Lipinski definition) is 3. The lowest BCUT2D eigenvalue weighted by molar-refractivity contribution is 0.102. The predicted octanol–water partition coefficient (Wildman–Crippen LogP) is 5.20. The van der Waals surface area contributed by atoms with Crippen LogP contribution in [0.2, 0.25) is 0 Å². The molecule has 2 heterocycles. The highest BCUT2D eigenvalue weighted by Crippen LogP contribution is 2.20. The first-order valence-corrected chi connectivity index (χ1v) is 11.0. The summed E-state index contributed by atoms with van der Waals surface area (Å²) in [4.78, 5) is 12.7. The Kier molecular flexibility index (Phi) is 5.48. The van der Waals surface area contributed by atoms with Crippen molar-refractivity contribution in [3.8, 4) is 0 Å². The van der Waals surface area contributed by atoms with Gasteiger partial charge in [-0.1, -0.05) is 54.6 Å². The van der Waals surface area contributed by atoms with Crippen LogP contribution in [0.5, 0.6) is 0 Å². The van der Waals surface area contributed by atoms with Gasteiger partial charge in [0.1, 0.15) is 0 Å². The third kappa shape index (κ3) is 4.55. The monoisotopic (exact) mass is 435 g/mol. The second-order valence-corrected chi connectivity index (χ2v) is 8.27. The summed E-state index contributed by atoms with van der Waals surface area (Å²) in [6, 6.07) is 26.1. The zero-order chi connectivity index (χ0) is 22.8. The molecule has 1 N–H and O–H groups in total. The number of fused-ring (bicyclic) bond motifs is 1. The van der Waals surface area contributed by atoms with Crippen molar-refractivity contribution < 1.29 is 4.79 Å². The summed E-state index contributed by atoms with van der Waals surface area (Å²) in [5.74, 6) is 0.357. The summed E-state index contributed by atoms with van der Waals surface area (Å²) in [5, 5.41) is 14.3. The topological polar surface area (TPSA) is 64.7 Å². The highest BCUT2D eigenvalue weighted by atomic mass is 16.1. The Morgan fingerprint density at radius 3 is 2.45 bits per heavy atom. The van der Waals surface area contributed by atoms with Crippen molar-refractivity contribution in [2.75, 3.05) is 5.32 Å². The van der Waals surface area contributed by atoms with Crippen molar-refractivity contribution in [3.63, 3.8) is 0 Å². The molecule has 0 aliphatic heterocycles. The van der Waals surface area contributed by atoms with Crippen LogP contribution >= 0.6 is 0 Å². The molecule has 0 saturated heterocycles. The molecule has 0 spiro atoms. The number of nitrogens with one attached hydrogen (secondary N) is 1. The second-order valence-electron chi connectivity index (χ2n) is 8.27. The predicted molar refractivity (Wildman–Crippen MR) is 130 cm³/mol. The summed E-state index contributed by atoms with van der Waals surface area (Å²) in [6.07, 6.45) is 1.88. The van der Waals surface area contributed by atoms with Gasteiger partial charge < -0.3 is 5.32 Å². The fourth-order valence-electron chi connectivity index (χ4n) is 4.08. The highest BCUT2D eigenvalue weighted by molar-refractivity contribution is 6.03. The average Bonchev–Trinajstić information content (AvgIpc) is 3.39. The molecule has 3 aromatic carbocycles. The lowest BCUT2D eigenvalue weighted by Gasteiger charge is -2.07. The van der Waals surface area contributed by atoms with E-state index in [1.807, 2.05) is 71.9 Å². The Bertz CT molecular complexity index is 1420. The van der Waals surface area contributed by atoms with Crippen LogP contribution in [0.3, 0.4) is 0 Å². The van der Waals surface area contributed by atoms with E-state index in [-0.39, 0.29) is 5.91 Å². The Hall–Kier alpha value is -4.19. The average molecular weight is 436 g/mol. The molecule has 1 amide bonds. The van der Waals surface area contributed by atoms with Crippen LogP contribution in [-0.2, 0) is 13.1 Å². The van der Waals surface area contributed by atoms with Crippen LogP contribution in [0.4, 0.5) is 5.82 Å². The standard InChI is InChI=1S/C27H25N5O/c1-19-16-20(2)32(29-19)17-21-10-12-23(13-11-21)27(33)28-26-14-15-31(30-26)18-24-8-5-7-22-6-3-4-9-25(22)24/h3-16H,17-18H2,1-2H3,(H,28,30,33). The van der Waals surface area contributed by atoms with Gasteiger partial charge in [0.2, 0.25) is 0 Å². The largest absolute Gasteiger partial charge is 0.305 e. The zero-order valence-corrected chi connectivity index (χ0v) is 18.7. The van der Waals surface area contributed by atoms with Crippen LogP contribution in [0, 0.1) is 13.8 Å². The number of hydrogen-bond donors (Lipinski definition) is 1. The fourth-order valence-corrected chi connectivity index (χ4v) is 4.08. The van der Waals surface area contributed by atoms with Gasteiger partial charge >= 0.3 is 0 Å². The van der Waals surface area contributed by atoms with Crippen molar-refractivity contribution in [1.29, 1.82) is 0 Å². The molecule has 0 saturated carbocycles. The first-order valence-electron chi connectivity index (χ1n) is 11.0. The lowest BCUT2D eigenvalue weighted by atomic mass is 10.0. The maximum Gasteiger partial charge on any atom is 0.256 e. The van der Waals surface area contributed by atoms with Crippen molar-refractivity contribution in [3.05, 3.63) is 113 Å². The van der Waals surface area contributed by atoms with E-state index in [1.165, 1.54) is 16.3 Å². The molecule has 0 fully saturated rings. The normalized spacial score (nSPS) is 11.1. The summed E-state index contributed by atoms with van der Waals surface area (Å²) < 4.78 is 3.81. The minimum Gasteiger partial charge on any atom is -0.305 e. The van der Waals surface area contributed by atoms with Crippen molar-refractivity contribution in [2.45, 2.75) is 26.9 Å². The number of benzene rings is 3. The minimum absolute atomic E-state index is 0.178. The SMILES string of the molecule is Cc1cc(C)n(Cc2ccc(C(=O)Nc3ccn(Cc4cccc5ccccc45)n3)cc2)n1. The third-order valence-corrected chi connectivity index (χ3v) is 5.75. The Morgan fingerprint density at radius 2 is 1.67 bits per heavy atom. The van der Waals surface area contributed by atoms with E-state index >= 15 is 0 Å². The van der Waals surface area contributed by atoms with Crippen LogP contribution in [-0.4, -0.2) is 25.5 Å². The summed E-state index contributed by atoms with van der Waals surface area (Å²) in [5.41, 5.74) is 5.00. The van der Waals surface area contributed by atoms with Crippen molar-refractivity contribution in [2.24, 2.45) is 0 Å². The van der Waals surface area contributed by atoms with Crippen molar-refractivity contribution in [1.82, 2.24) is 19.6 Å². The third-order valence-electron chi connectivity index (χ3n) is 5.75. The van der Waals surface area contributed by atoms with E-state index in [0.29, 0.717) is 24.5 Å². The van der Waals surface area contributed by atoms with Crippen LogP contribution < -0.4 is 5.32 Å². The summed E-state index contributed by atoms with van der Waals surface area (Å²) in [6.45, 7) is 5.35. The molecule has 2 aromatic heterocycles. The summed E-state index contributed by atoms with van der Waals surface area (Å²) in [7, 11) is 0. The van der Waals surface area contributed by atoms with Gasteiger partial charge in [0.15, 0.2) is 5.82 Å². The molecular weight excluding hydrogens is 410 g/mol. The number of aryl methyl sites for hydroxylation is 2. The number of nitrogens with zero attached hydrogens (tertiary/aromatic N) is 4. The molecule has 6 nitrogen and oxygen atoms in total. The fraction of sp³-hybridized carbons (Fsp3) is 0.148. The van der Waals surface area contributed by atoms with E-state index in [0.717, 1.165) is 17.0 Å². The first kappa shape index (κ1) is 20.7. The summed E-state index contributed by atoms with van der Waals surface area (Å²) >= 11 is 0. The van der Waals surface area contributed by atoms with Crippen LogP contribution in [0.25, 0.3) is 10.8 Å². The van der Waals surface area contributed by atoms with Gasteiger partial charge in [0.05, 0.1) is 18.8 Å². The molecule has 0 aliphatic rings. The van der Waals surface area contributed by atoms with Gasteiger partial charge in [-0.3, -0.25) is 14.2 Å². The quantitative estimate of drug-likeness (QED) is 0.399. The number of aromatic nitrogens is 4. The smallest absolute Gasteiger partial charge is 0.256 e. The van der Waals surface area contributed by atoms with Crippen molar-refractivity contribution >= 4 is 22.5 Å². The molecule has 0 bridgehead atoms.